The first-order valence-corrected chi connectivity index (χ1v) is 8.99. The minimum atomic E-state index is -0.177. The Morgan fingerprint density at radius 1 is 1.25 bits per heavy atom. The first-order chi connectivity index (χ1) is 9.58. The minimum absolute atomic E-state index is 0.0277. The summed E-state index contributed by atoms with van der Waals surface area (Å²) in [6.07, 6.45) is 2.41. The molecule has 2 nitrogen and oxygen atoms in total. The summed E-state index contributed by atoms with van der Waals surface area (Å²) in [4.78, 5) is 14.5. The van der Waals surface area contributed by atoms with Gasteiger partial charge < -0.3 is 0 Å². The fourth-order valence-corrected chi connectivity index (χ4v) is 3.55. The summed E-state index contributed by atoms with van der Waals surface area (Å²) in [6, 6.07) is 10.1. The number of halogens is 2. The van der Waals surface area contributed by atoms with Gasteiger partial charge in [-0.1, -0.05) is 69.1 Å². The van der Waals surface area contributed by atoms with Gasteiger partial charge in [-0.3, -0.25) is 9.69 Å². The molecule has 20 heavy (non-hydrogen) atoms. The Morgan fingerprint density at radius 3 is 2.45 bits per heavy atom. The van der Waals surface area contributed by atoms with Crippen molar-refractivity contribution in [3.05, 3.63) is 35.9 Å². The molecule has 2 atom stereocenters. The quantitative estimate of drug-likeness (QED) is 0.688. The van der Waals surface area contributed by atoms with Gasteiger partial charge in [0.15, 0.2) is 5.78 Å². The minimum Gasteiger partial charge on any atom is -0.297 e. The van der Waals surface area contributed by atoms with Crippen LogP contribution in [0.2, 0.25) is 0 Å². The Labute approximate surface area is 138 Å². The molecule has 0 radical (unpaired) electrons. The van der Waals surface area contributed by atoms with Gasteiger partial charge in [0.25, 0.3) is 0 Å². The zero-order valence-corrected chi connectivity index (χ0v) is 14.9. The lowest BCUT2D eigenvalue weighted by atomic mass is 9.99. The summed E-state index contributed by atoms with van der Waals surface area (Å²) in [5.41, 5.74) is 1.13. The van der Waals surface area contributed by atoms with E-state index in [-0.39, 0.29) is 15.4 Å². The van der Waals surface area contributed by atoms with Crippen molar-refractivity contribution < 1.29 is 4.79 Å². The molecule has 1 heterocycles. The van der Waals surface area contributed by atoms with Crippen molar-refractivity contribution in [2.75, 3.05) is 19.6 Å². The number of Topliss-reactive ketones (excluding diaryl/α,β-unsaturated/α-hetero) is 1. The van der Waals surface area contributed by atoms with E-state index in [2.05, 4.69) is 43.7 Å². The van der Waals surface area contributed by atoms with Gasteiger partial charge in [-0.15, -0.1) is 0 Å². The van der Waals surface area contributed by atoms with Crippen LogP contribution in [0, 0.1) is 5.92 Å². The molecule has 4 heteroatoms. The van der Waals surface area contributed by atoms with Crippen LogP contribution >= 0.6 is 31.9 Å². The van der Waals surface area contributed by atoms with Crippen LogP contribution in [0.5, 0.6) is 0 Å². The van der Waals surface area contributed by atoms with E-state index in [4.69, 9.17) is 0 Å². The maximum Gasteiger partial charge on any atom is 0.161 e. The summed E-state index contributed by atoms with van der Waals surface area (Å²) in [5, 5.41) is 0. The smallest absolute Gasteiger partial charge is 0.161 e. The normalized spacial score (nSPS) is 20.6. The summed E-state index contributed by atoms with van der Waals surface area (Å²) >= 11 is 7.20. The zero-order chi connectivity index (χ0) is 14.5. The number of rotatable bonds is 5. The molecular weight excluding hydrogens is 382 g/mol. The van der Waals surface area contributed by atoms with Crippen LogP contribution in [0.3, 0.4) is 0 Å². The van der Waals surface area contributed by atoms with Gasteiger partial charge in [0.2, 0.25) is 0 Å². The van der Waals surface area contributed by atoms with E-state index >= 15 is 0 Å². The predicted molar refractivity (Wildman–Crippen MR) is 90.7 cm³/mol. The third kappa shape index (κ3) is 4.40. The van der Waals surface area contributed by atoms with E-state index < -0.39 is 0 Å². The number of hydrogen-bond donors (Lipinski definition) is 0. The molecule has 1 aromatic rings. The van der Waals surface area contributed by atoms with Crippen LogP contribution < -0.4 is 0 Å². The van der Waals surface area contributed by atoms with E-state index in [0.717, 1.165) is 24.6 Å². The van der Waals surface area contributed by atoms with Gasteiger partial charge in [-0.2, -0.15) is 0 Å². The number of carbonyl (C=O) groups is 1. The molecule has 1 saturated heterocycles. The lowest BCUT2D eigenvalue weighted by molar-refractivity contribution is -0.119. The van der Waals surface area contributed by atoms with E-state index in [1.165, 1.54) is 12.8 Å². The van der Waals surface area contributed by atoms with E-state index in [0.29, 0.717) is 6.54 Å². The number of ketones is 1. The van der Waals surface area contributed by atoms with Gasteiger partial charge >= 0.3 is 0 Å². The van der Waals surface area contributed by atoms with Crippen molar-refractivity contribution >= 4 is 37.6 Å². The van der Waals surface area contributed by atoms with Crippen LogP contribution in [0.15, 0.2) is 30.3 Å². The molecule has 1 aliphatic rings. The van der Waals surface area contributed by atoms with Gasteiger partial charge in [0, 0.05) is 0 Å². The second-order valence-corrected chi connectivity index (χ2v) is 7.61. The number of piperidine rings is 1. The van der Waals surface area contributed by atoms with Crippen molar-refractivity contribution in [1.29, 1.82) is 0 Å². The van der Waals surface area contributed by atoms with Crippen molar-refractivity contribution in [2.24, 2.45) is 5.92 Å². The maximum atomic E-state index is 12.4. The second kappa shape index (κ2) is 7.71. The Kier molecular flexibility index (Phi) is 6.24. The lowest BCUT2D eigenvalue weighted by Gasteiger charge is -2.30. The van der Waals surface area contributed by atoms with Crippen LogP contribution in [0.4, 0.5) is 0 Å². The summed E-state index contributed by atoms with van der Waals surface area (Å²) in [6.45, 7) is 4.93. The highest BCUT2D eigenvalue weighted by atomic mass is 79.9. The molecule has 1 fully saturated rings. The Balaban J connectivity index is 1.88. The van der Waals surface area contributed by atoms with Gasteiger partial charge in [-0.05, 0) is 37.4 Å². The second-order valence-electron chi connectivity index (χ2n) is 5.64. The van der Waals surface area contributed by atoms with Crippen LogP contribution in [-0.4, -0.2) is 35.1 Å². The SMILES string of the molecule is CC1CCN(CC(=O)[C@@H](Br)[C@H](Br)c2ccccc2)CC1. The van der Waals surface area contributed by atoms with Gasteiger partial charge in [0.1, 0.15) is 0 Å². The third-order valence-corrected chi connectivity index (χ3v) is 6.74. The highest BCUT2D eigenvalue weighted by Gasteiger charge is 2.27. The van der Waals surface area contributed by atoms with E-state index in [1.54, 1.807) is 0 Å². The zero-order valence-electron chi connectivity index (χ0n) is 11.8. The first-order valence-electron chi connectivity index (χ1n) is 7.16. The van der Waals surface area contributed by atoms with Crippen LogP contribution in [0.1, 0.15) is 30.2 Å². The molecule has 0 unspecified atom stereocenters. The number of alkyl halides is 2. The Hall–Kier alpha value is -0.190. The fraction of sp³-hybridized carbons (Fsp3) is 0.562. The van der Waals surface area contributed by atoms with Crippen molar-refractivity contribution in [3.63, 3.8) is 0 Å². The predicted octanol–water partition coefficient (Wildman–Crippen LogP) is 4.19. The highest BCUT2D eigenvalue weighted by molar-refractivity contribution is 9.12. The van der Waals surface area contributed by atoms with Crippen molar-refractivity contribution in [2.45, 2.75) is 29.4 Å². The highest BCUT2D eigenvalue weighted by Crippen LogP contribution is 2.32. The van der Waals surface area contributed by atoms with Gasteiger partial charge in [0.05, 0.1) is 16.2 Å². The standard InChI is InChI=1S/C16H21Br2NO/c1-12-7-9-19(10-8-12)11-14(20)16(18)15(17)13-5-3-2-4-6-13/h2-6,12,15-16H,7-11H2,1H3/t15-,16-/m1/s1. The number of carbonyl (C=O) groups excluding carboxylic acids is 1. The molecule has 0 aromatic heterocycles. The summed E-state index contributed by atoms with van der Waals surface area (Å²) in [5.74, 6) is 1.06. The first kappa shape index (κ1) is 16.2. The Morgan fingerprint density at radius 2 is 1.85 bits per heavy atom. The topological polar surface area (TPSA) is 20.3 Å². The van der Waals surface area contributed by atoms with Crippen molar-refractivity contribution in [1.82, 2.24) is 4.90 Å². The number of hydrogen-bond acceptors (Lipinski definition) is 2. The summed E-state index contributed by atoms with van der Waals surface area (Å²) in [7, 11) is 0. The van der Waals surface area contributed by atoms with E-state index in [9.17, 15) is 4.79 Å². The summed E-state index contributed by atoms with van der Waals surface area (Å²) < 4.78 is 0. The molecule has 0 saturated carbocycles. The molecule has 110 valence electrons. The van der Waals surface area contributed by atoms with E-state index in [1.807, 2.05) is 30.3 Å². The lowest BCUT2D eigenvalue weighted by Crippen LogP contribution is -2.39. The third-order valence-electron chi connectivity index (χ3n) is 3.94. The molecule has 0 spiro atoms. The molecule has 2 rings (SSSR count). The average molecular weight is 403 g/mol. The fourth-order valence-electron chi connectivity index (χ4n) is 2.50. The molecule has 0 aliphatic carbocycles. The number of nitrogens with zero attached hydrogens (tertiary/aromatic N) is 1. The van der Waals surface area contributed by atoms with Crippen molar-refractivity contribution in [3.8, 4) is 0 Å². The average Bonchev–Trinajstić information content (AvgIpc) is 2.49. The molecular formula is C16H21Br2NO. The molecule has 0 N–H and O–H groups in total. The largest absolute Gasteiger partial charge is 0.297 e. The van der Waals surface area contributed by atoms with Crippen LogP contribution in [0.25, 0.3) is 0 Å². The monoisotopic (exact) mass is 401 g/mol. The van der Waals surface area contributed by atoms with Gasteiger partial charge in [-0.25, -0.2) is 0 Å². The number of benzene rings is 1. The number of likely N-dealkylation sites (tertiary alicyclic amines) is 1. The maximum absolute atomic E-state index is 12.4. The molecule has 0 amide bonds. The molecule has 1 aromatic carbocycles. The van der Waals surface area contributed by atoms with Crippen LogP contribution in [-0.2, 0) is 4.79 Å². The molecule has 1 aliphatic heterocycles. The molecule has 0 bridgehead atoms. The Bertz CT molecular complexity index is 429.